The van der Waals surface area contributed by atoms with Gasteiger partial charge in [0.25, 0.3) is 15.7 Å². The number of benzene rings is 2. The van der Waals surface area contributed by atoms with Crippen molar-refractivity contribution in [2.45, 2.75) is 17.9 Å². The molecule has 2 aromatic rings. The summed E-state index contributed by atoms with van der Waals surface area (Å²) in [6.45, 7) is 1.97. The van der Waals surface area contributed by atoms with Gasteiger partial charge in [-0.25, -0.2) is 8.42 Å². The largest absolute Gasteiger partial charge is 0.385 e. The van der Waals surface area contributed by atoms with E-state index in [9.17, 15) is 23.6 Å². The summed E-state index contributed by atoms with van der Waals surface area (Å²) in [7, 11) is -0.317. The smallest absolute Gasteiger partial charge is 0.271 e. The second kappa shape index (κ2) is 8.47. The molecule has 0 aliphatic heterocycles. The Labute approximate surface area is 158 Å². The lowest BCUT2D eigenvalue weighted by molar-refractivity contribution is -0.861. The number of likely N-dealkylation sites (N-methyl/N-ethyl adjacent to an activating group) is 1. The van der Waals surface area contributed by atoms with Gasteiger partial charge in [-0.2, -0.15) is 0 Å². The Morgan fingerprint density at radius 2 is 1.81 bits per heavy atom. The molecule has 0 fully saturated rings. The SMILES string of the molecule is Cc1ccc(S(=O)(=O)N(C[C@@H](O)C[NH+](C)C)c2cccc([N+](=O)[O-])c2)cc1. The van der Waals surface area contributed by atoms with Crippen molar-refractivity contribution < 1.29 is 23.3 Å². The number of rotatable bonds is 8. The Kier molecular flexibility index (Phi) is 6.53. The maximum Gasteiger partial charge on any atom is 0.271 e. The molecule has 0 radical (unpaired) electrons. The number of hydrogen-bond acceptors (Lipinski definition) is 5. The van der Waals surface area contributed by atoms with Crippen molar-refractivity contribution in [2.75, 3.05) is 31.5 Å². The molecule has 0 aliphatic carbocycles. The van der Waals surface area contributed by atoms with E-state index in [1.54, 1.807) is 12.1 Å². The maximum atomic E-state index is 13.2. The third kappa shape index (κ3) is 5.25. The number of sulfonamides is 1. The quantitative estimate of drug-likeness (QED) is 0.504. The monoisotopic (exact) mass is 394 g/mol. The molecule has 0 heterocycles. The molecular formula is C18H24N3O5S+. The number of aliphatic hydroxyl groups excluding tert-OH is 1. The van der Waals surface area contributed by atoms with Crippen LogP contribution >= 0.6 is 0 Å². The summed E-state index contributed by atoms with van der Waals surface area (Å²) >= 11 is 0. The highest BCUT2D eigenvalue weighted by Gasteiger charge is 2.29. The molecule has 2 N–H and O–H groups in total. The highest BCUT2D eigenvalue weighted by atomic mass is 32.2. The van der Waals surface area contributed by atoms with Gasteiger partial charge in [0, 0.05) is 12.1 Å². The van der Waals surface area contributed by atoms with Crippen LogP contribution in [0, 0.1) is 17.0 Å². The Bertz CT molecular complexity index is 897. The number of non-ortho nitro benzene ring substituents is 1. The van der Waals surface area contributed by atoms with Crippen LogP contribution in [0.2, 0.25) is 0 Å². The predicted molar refractivity (Wildman–Crippen MR) is 102 cm³/mol. The molecular weight excluding hydrogens is 370 g/mol. The van der Waals surface area contributed by atoms with Crippen molar-refractivity contribution in [3.8, 4) is 0 Å². The number of hydrogen-bond donors (Lipinski definition) is 2. The molecule has 0 spiro atoms. The van der Waals surface area contributed by atoms with Crippen LogP contribution in [0.25, 0.3) is 0 Å². The number of anilines is 1. The van der Waals surface area contributed by atoms with E-state index in [-0.39, 0.29) is 22.8 Å². The molecule has 27 heavy (non-hydrogen) atoms. The van der Waals surface area contributed by atoms with Gasteiger partial charge < -0.3 is 10.0 Å². The molecule has 9 heteroatoms. The van der Waals surface area contributed by atoms with E-state index < -0.39 is 21.1 Å². The van der Waals surface area contributed by atoms with Crippen LogP contribution < -0.4 is 9.21 Å². The Morgan fingerprint density at radius 3 is 2.37 bits per heavy atom. The first-order valence-electron chi connectivity index (χ1n) is 8.42. The lowest BCUT2D eigenvalue weighted by atomic mass is 10.2. The predicted octanol–water partition coefficient (Wildman–Crippen LogP) is 0.604. The number of nitro benzene ring substituents is 1. The Balaban J connectivity index is 2.50. The fraction of sp³-hybridized carbons (Fsp3) is 0.333. The minimum Gasteiger partial charge on any atom is -0.385 e. The minimum atomic E-state index is -4.00. The van der Waals surface area contributed by atoms with Gasteiger partial charge in [-0.3, -0.25) is 14.4 Å². The number of nitrogens with one attached hydrogen (secondary N) is 1. The lowest BCUT2D eigenvalue weighted by Crippen LogP contribution is -3.07. The molecule has 1 atom stereocenters. The molecule has 2 aromatic carbocycles. The van der Waals surface area contributed by atoms with Gasteiger partial charge in [0.05, 0.1) is 36.1 Å². The first-order chi connectivity index (χ1) is 12.6. The third-order valence-electron chi connectivity index (χ3n) is 3.96. The van der Waals surface area contributed by atoms with Gasteiger partial charge in [-0.15, -0.1) is 0 Å². The van der Waals surface area contributed by atoms with Crippen molar-refractivity contribution in [2.24, 2.45) is 0 Å². The number of aryl methyl sites for hydroxylation is 1. The fourth-order valence-electron chi connectivity index (χ4n) is 2.67. The summed E-state index contributed by atoms with van der Waals surface area (Å²) in [5, 5.41) is 21.4. The van der Waals surface area contributed by atoms with Crippen LogP contribution in [-0.4, -0.2) is 51.7 Å². The molecule has 0 unspecified atom stereocenters. The van der Waals surface area contributed by atoms with Gasteiger partial charge in [0.2, 0.25) is 0 Å². The molecule has 2 rings (SSSR count). The van der Waals surface area contributed by atoms with Gasteiger partial charge >= 0.3 is 0 Å². The van der Waals surface area contributed by atoms with Crippen LogP contribution in [0.1, 0.15) is 5.56 Å². The van der Waals surface area contributed by atoms with E-state index in [1.807, 2.05) is 21.0 Å². The standard InChI is InChI=1S/C18H23N3O5S/c1-14-7-9-18(10-8-14)27(25,26)20(13-17(22)12-19(2)3)15-5-4-6-16(11-15)21(23)24/h4-11,17,22H,12-13H2,1-3H3/p+1/t17-/m0/s1. The van der Waals surface area contributed by atoms with Gasteiger partial charge in [0.15, 0.2) is 0 Å². The van der Waals surface area contributed by atoms with Gasteiger partial charge in [0.1, 0.15) is 12.6 Å². The van der Waals surface area contributed by atoms with Gasteiger partial charge in [-0.05, 0) is 25.1 Å². The molecule has 146 valence electrons. The zero-order valence-electron chi connectivity index (χ0n) is 15.5. The molecule has 0 amide bonds. The minimum absolute atomic E-state index is 0.0593. The topological polar surface area (TPSA) is 105 Å². The lowest BCUT2D eigenvalue weighted by Gasteiger charge is -2.27. The average Bonchev–Trinajstić information content (AvgIpc) is 2.59. The second-order valence-corrected chi connectivity index (χ2v) is 8.55. The van der Waals surface area contributed by atoms with Gasteiger partial charge in [-0.1, -0.05) is 23.8 Å². The van der Waals surface area contributed by atoms with Crippen LogP contribution in [0.15, 0.2) is 53.4 Å². The van der Waals surface area contributed by atoms with E-state index in [4.69, 9.17) is 0 Å². The summed E-state index contributed by atoms with van der Waals surface area (Å²) in [5.41, 5.74) is 0.828. The highest BCUT2D eigenvalue weighted by molar-refractivity contribution is 7.92. The maximum absolute atomic E-state index is 13.2. The Hall–Kier alpha value is -2.49. The molecule has 8 nitrogen and oxygen atoms in total. The Morgan fingerprint density at radius 1 is 1.19 bits per heavy atom. The van der Waals surface area contributed by atoms with Crippen molar-refractivity contribution in [1.29, 1.82) is 0 Å². The first-order valence-corrected chi connectivity index (χ1v) is 9.86. The van der Waals surface area contributed by atoms with E-state index in [1.165, 1.54) is 36.4 Å². The van der Waals surface area contributed by atoms with Crippen LogP contribution in [-0.2, 0) is 10.0 Å². The summed E-state index contributed by atoms with van der Waals surface area (Å²) in [6.07, 6.45) is -0.936. The zero-order valence-corrected chi connectivity index (χ0v) is 16.3. The van der Waals surface area contributed by atoms with Crippen LogP contribution in [0.5, 0.6) is 0 Å². The van der Waals surface area contributed by atoms with Crippen molar-refractivity contribution in [1.82, 2.24) is 0 Å². The molecule has 0 bridgehead atoms. The van der Waals surface area contributed by atoms with E-state index in [0.717, 1.165) is 14.8 Å². The molecule has 0 saturated heterocycles. The van der Waals surface area contributed by atoms with E-state index >= 15 is 0 Å². The molecule has 0 saturated carbocycles. The van der Waals surface area contributed by atoms with Crippen molar-refractivity contribution in [3.63, 3.8) is 0 Å². The number of nitrogens with zero attached hydrogens (tertiary/aromatic N) is 2. The normalized spacial score (nSPS) is 12.8. The summed E-state index contributed by atoms with van der Waals surface area (Å²) in [4.78, 5) is 11.5. The zero-order chi connectivity index (χ0) is 20.2. The van der Waals surface area contributed by atoms with Crippen molar-refractivity contribution in [3.05, 3.63) is 64.2 Å². The third-order valence-corrected chi connectivity index (χ3v) is 5.77. The van der Waals surface area contributed by atoms with Crippen molar-refractivity contribution >= 4 is 21.4 Å². The number of nitro groups is 1. The average molecular weight is 394 g/mol. The molecule has 0 aliphatic rings. The van der Waals surface area contributed by atoms with E-state index in [2.05, 4.69) is 0 Å². The number of aliphatic hydroxyl groups is 1. The number of quaternary nitrogens is 1. The molecule has 0 aromatic heterocycles. The van der Waals surface area contributed by atoms with Crippen LogP contribution in [0.4, 0.5) is 11.4 Å². The van der Waals surface area contributed by atoms with Crippen LogP contribution in [0.3, 0.4) is 0 Å². The summed E-state index contributed by atoms with van der Waals surface area (Å²) < 4.78 is 27.4. The first kappa shape index (κ1) is 20.8. The van der Waals surface area contributed by atoms with E-state index in [0.29, 0.717) is 6.54 Å². The highest BCUT2D eigenvalue weighted by Crippen LogP contribution is 2.27. The summed E-state index contributed by atoms with van der Waals surface area (Å²) in [5.74, 6) is 0. The summed E-state index contributed by atoms with van der Waals surface area (Å²) in [6, 6.07) is 11.7. The fourth-order valence-corrected chi connectivity index (χ4v) is 4.16. The second-order valence-electron chi connectivity index (χ2n) is 6.69.